The number of aromatic nitrogens is 1. The molecular formula is C18H13N3O2. The largest absolute Gasteiger partial charge is 0.463 e. The zero-order chi connectivity index (χ0) is 15.6. The van der Waals surface area contributed by atoms with Gasteiger partial charge in [0.15, 0.2) is 5.58 Å². The SMILES string of the molecule is Nc1cc(N=Cc2ccco2)cc(-c2nc3ccccc3o2)c1. The van der Waals surface area contributed by atoms with Gasteiger partial charge < -0.3 is 14.6 Å². The monoisotopic (exact) mass is 303 g/mol. The molecule has 0 aliphatic heterocycles. The molecular weight excluding hydrogens is 290 g/mol. The number of fused-ring (bicyclic) bond motifs is 1. The summed E-state index contributed by atoms with van der Waals surface area (Å²) in [6.45, 7) is 0. The molecule has 2 aromatic heterocycles. The van der Waals surface area contributed by atoms with Crippen LogP contribution in [0.5, 0.6) is 0 Å². The first-order valence-corrected chi connectivity index (χ1v) is 7.12. The van der Waals surface area contributed by atoms with Crippen LogP contribution in [-0.4, -0.2) is 11.2 Å². The molecule has 0 atom stereocenters. The van der Waals surface area contributed by atoms with Crippen molar-refractivity contribution in [1.29, 1.82) is 0 Å². The molecule has 0 saturated heterocycles. The summed E-state index contributed by atoms with van der Waals surface area (Å²) in [5, 5.41) is 0. The minimum atomic E-state index is 0.521. The second-order valence-electron chi connectivity index (χ2n) is 5.07. The topological polar surface area (TPSA) is 77.5 Å². The standard InChI is InChI=1S/C18H13N3O2/c19-13-8-12(18-21-16-5-1-2-6-17(16)23-18)9-14(10-13)20-11-15-4-3-7-22-15/h1-11H,19H2. The minimum Gasteiger partial charge on any atom is -0.463 e. The van der Waals surface area contributed by atoms with E-state index in [9.17, 15) is 0 Å². The lowest BCUT2D eigenvalue weighted by molar-refractivity contribution is 0.560. The summed E-state index contributed by atoms with van der Waals surface area (Å²) in [5.41, 5.74) is 9.61. The molecule has 0 spiro atoms. The number of furan rings is 1. The molecule has 0 amide bonds. The van der Waals surface area contributed by atoms with E-state index in [0.717, 1.165) is 16.7 Å². The first-order valence-electron chi connectivity index (χ1n) is 7.12. The zero-order valence-corrected chi connectivity index (χ0v) is 12.1. The van der Waals surface area contributed by atoms with Gasteiger partial charge in [0.2, 0.25) is 5.89 Å². The van der Waals surface area contributed by atoms with Gasteiger partial charge in [0.05, 0.1) is 18.2 Å². The molecule has 2 heterocycles. The van der Waals surface area contributed by atoms with Gasteiger partial charge >= 0.3 is 0 Å². The zero-order valence-electron chi connectivity index (χ0n) is 12.1. The number of anilines is 1. The summed E-state index contributed by atoms with van der Waals surface area (Å²) in [6.07, 6.45) is 3.25. The molecule has 0 unspecified atom stereocenters. The summed E-state index contributed by atoms with van der Waals surface area (Å²) in [4.78, 5) is 8.86. The van der Waals surface area contributed by atoms with Crippen LogP contribution in [0.2, 0.25) is 0 Å². The van der Waals surface area contributed by atoms with Crippen LogP contribution in [0.3, 0.4) is 0 Å². The number of oxazole rings is 1. The van der Waals surface area contributed by atoms with E-state index in [4.69, 9.17) is 14.6 Å². The number of nitrogens with zero attached hydrogens (tertiary/aromatic N) is 2. The predicted octanol–water partition coefficient (Wildman–Crippen LogP) is 4.42. The third-order valence-corrected chi connectivity index (χ3v) is 3.36. The van der Waals surface area contributed by atoms with Gasteiger partial charge in [-0.3, -0.25) is 4.99 Å². The lowest BCUT2D eigenvalue weighted by Crippen LogP contribution is -1.86. The van der Waals surface area contributed by atoms with E-state index in [1.165, 1.54) is 0 Å². The highest BCUT2D eigenvalue weighted by Crippen LogP contribution is 2.29. The van der Waals surface area contributed by atoms with E-state index in [0.29, 0.717) is 23.0 Å². The Bertz CT molecular complexity index is 952. The van der Waals surface area contributed by atoms with E-state index >= 15 is 0 Å². The Morgan fingerprint density at radius 1 is 1.04 bits per heavy atom. The molecule has 23 heavy (non-hydrogen) atoms. The van der Waals surface area contributed by atoms with Gasteiger partial charge in [-0.25, -0.2) is 4.98 Å². The number of nitrogen functional groups attached to an aromatic ring is 1. The maximum absolute atomic E-state index is 5.97. The summed E-state index contributed by atoms with van der Waals surface area (Å²) < 4.78 is 11.0. The molecule has 0 radical (unpaired) electrons. The highest BCUT2D eigenvalue weighted by Gasteiger charge is 2.09. The van der Waals surface area contributed by atoms with E-state index in [-0.39, 0.29) is 0 Å². The quantitative estimate of drug-likeness (QED) is 0.449. The van der Waals surface area contributed by atoms with Crippen LogP contribution in [0, 0.1) is 0 Å². The Hall–Kier alpha value is -3.34. The van der Waals surface area contributed by atoms with Crippen molar-refractivity contribution >= 4 is 28.7 Å². The number of nitrogens with two attached hydrogens (primary N) is 1. The molecule has 5 heteroatoms. The Kier molecular flexibility index (Phi) is 3.16. The molecule has 5 nitrogen and oxygen atoms in total. The van der Waals surface area contributed by atoms with Crippen molar-refractivity contribution in [3.8, 4) is 11.5 Å². The van der Waals surface area contributed by atoms with Crippen LogP contribution >= 0.6 is 0 Å². The van der Waals surface area contributed by atoms with Gasteiger partial charge in [0, 0.05) is 11.3 Å². The number of hydrogen-bond donors (Lipinski definition) is 1. The van der Waals surface area contributed by atoms with Crippen molar-refractivity contribution < 1.29 is 8.83 Å². The van der Waals surface area contributed by atoms with Crippen LogP contribution in [0.15, 0.2) is 74.7 Å². The summed E-state index contributed by atoms with van der Waals surface area (Å²) in [5.74, 6) is 1.20. The van der Waals surface area contributed by atoms with Crippen molar-refractivity contribution in [3.63, 3.8) is 0 Å². The average molecular weight is 303 g/mol. The second kappa shape index (κ2) is 5.46. The second-order valence-corrected chi connectivity index (χ2v) is 5.07. The summed E-state index contributed by atoms with van der Waals surface area (Å²) in [7, 11) is 0. The Morgan fingerprint density at radius 3 is 2.78 bits per heavy atom. The minimum absolute atomic E-state index is 0.521. The number of hydrogen-bond acceptors (Lipinski definition) is 5. The van der Waals surface area contributed by atoms with Crippen LogP contribution in [-0.2, 0) is 0 Å². The van der Waals surface area contributed by atoms with Crippen LogP contribution in [0.1, 0.15) is 5.76 Å². The van der Waals surface area contributed by atoms with Crippen molar-refractivity contribution in [2.24, 2.45) is 4.99 Å². The lowest BCUT2D eigenvalue weighted by Gasteiger charge is -2.01. The normalized spacial score (nSPS) is 11.5. The number of benzene rings is 2. The van der Waals surface area contributed by atoms with E-state index in [1.807, 2.05) is 48.5 Å². The smallest absolute Gasteiger partial charge is 0.227 e. The Morgan fingerprint density at radius 2 is 1.96 bits per heavy atom. The summed E-state index contributed by atoms with van der Waals surface area (Å²) >= 11 is 0. The summed E-state index contributed by atoms with van der Waals surface area (Å²) in [6, 6.07) is 16.7. The van der Waals surface area contributed by atoms with Gasteiger partial charge in [-0.15, -0.1) is 0 Å². The van der Waals surface area contributed by atoms with Gasteiger partial charge in [0.1, 0.15) is 11.3 Å². The Balaban J connectivity index is 1.74. The fourth-order valence-electron chi connectivity index (χ4n) is 2.33. The molecule has 4 aromatic rings. The molecule has 0 saturated carbocycles. The fraction of sp³-hybridized carbons (Fsp3) is 0. The number of rotatable bonds is 3. The van der Waals surface area contributed by atoms with Crippen molar-refractivity contribution in [2.45, 2.75) is 0 Å². The van der Waals surface area contributed by atoms with Crippen molar-refractivity contribution in [2.75, 3.05) is 5.73 Å². The Labute approximate surface area is 132 Å². The first kappa shape index (κ1) is 13.3. The molecule has 0 aliphatic rings. The molecule has 0 aliphatic carbocycles. The first-order chi connectivity index (χ1) is 11.3. The molecule has 0 bridgehead atoms. The third kappa shape index (κ3) is 2.72. The van der Waals surface area contributed by atoms with Gasteiger partial charge in [-0.05, 0) is 42.5 Å². The number of para-hydroxylation sites is 2. The number of aliphatic imine (C=N–C) groups is 1. The maximum atomic E-state index is 5.97. The van der Waals surface area contributed by atoms with Crippen LogP contribution in [0.4, 0.5) is 11.4 Å². The highest BCUT2D eigenvalue weighted by atomic mass is 16.3. The van der Waals surface area contributed by atoms with Gasteiger partial charge in [-0.1, -0.05) is 12.1 Å². The average Bonchev–Trinajstić information content (AvgIpc) is 3.21. The van der Waals surface area contributed by atoms with Crippen LogP contribution < -0.4 is 5.73 Å². The lowest BCUT2D eigenvalue weighted by atomic mass is 10.2. The van der Waals surface area contributed by atoms with E-state index in [2.05, 4.69) is 9.98 Å². The molecule has 112 valence electrons. The van der Waals surface area contributed by atoms with E-state index in [1.54, 1.807) is 18.5 Å². The fourth-order valence-corrected chi connectivity index (χ4v) is 2.33. The molecule has 0 fully saturated rings. The van der Waals surface area contributed by atoms with Crippen molar-refractivity contribution in [3.05, 3.63) is 66.6 Å². The van der Waals surface area contributed by atoms with Crippen molar-refractivity contribution in [1.82, 2.24) is 4.98 Å². The van der Waals surface area contributed by atoms with Gasteiger partial charge in [-0.2, -0.15) is 0 Å². The third-order valence-electron chi connectivity index (χ3n) is 3.36. The molecule has 2 aromatic carbocycles. The van der Waals surface area contributed by atoms with E-state index < -0.39 is 0 Å². The molecule has 4 rings (SSSR count). The van der Waals surface area contributed by atoms with Crippen LogP contribution in [0.25, 0.3) is 22.6 Å². The molecule has 2 N–H and O–H groups in total. The maximum Gasteiger partial charge on any atom is 0.227 e. The van der Waals surface area contributed by atoms with Gasteiger partial charge in [0.25, 0.3) is 0 Å². The highest BCUT2D eigenvalue weighted by molar-refractivity contribution is 5.81. The predicted molar refractivity (Wildman–Crippen MR) is 89.8 cm³/mol.